The van der Waals surface area contributed by atoms with Gasteiger partial charge in [-0.1, -0.05) is 36.2 Å². The zero-order valence-corrected chi connectivity index (χ0v) is 14.4. The van der Waals surface area contributed by atoms with Crippen molar-refractivity contribution in [3.63, 3.8) is 0 Å². The van der Waals surface area contributed by atoms with Crippen molar-refractivity contribution in [3.05, 3.63) is 52.0 Å². The lowest BCUT2D eigenvalue weighted by atomic mass is 10.1. The molecule has 2 rings (SSSR count). The van der Waals surface area contributed by atoms with Gasteiger partial charge in [0.1, 0.15) is 5.75 Å². The van der Waals surface area contributed by atoms with Crippen LogP contribution in [0.4, 0.5) is 11.4 Å². The summed E-state index contributed by atoms with van der Waals surface area (Å²) >= 11 is 11.9. The van der Waals surface area contributed by atoms with E-state index in [-0.39, 0.29) is 5.91 Å². The van der Waals surface area contributed by atoms with Crippen LogP contribution in [0.3, 0.4) is 0 Å². The smallest absolute Gasteiger partial charge is 0.265 e. The number of carbonyl (C=O) groups excluding carboxylic acids is 1. The maximum Gasteiger partial charge on any atom is 0.265 e. The van der Waals surface area contributed by atoms with Crippen molar-refractivity contribution in [1.82, 2.24) is 0 Å². The lowest BCUT2D eigenvalue weighted by molar-refractivity contribution is -0.122. The molecule has 23 heavy (non-hydrogen) atoms. The molecule has 0 aliphatic heterocycles. The minimum absolute atomic E-state index is 0.292. The van der Waals surface area contributed by atoms with Crippen LogP contribution >= 0.6 is 23.2 Å². The van der Waals surface area contributed by atoms with E-state index in [4.69, 9.17) is 33.7 Å². The van der Waals surface area contributed by atoms with Crippen molar-refractivity contribution >= 4 is 40.5 Å². The van der Waals surface area contributed by atoms with Crippen LogP contribution in [0.1, 0.15) is 19.4 Å². The highest BCUT2D eigenvalue weighted by Crippen LogP contribution is 2.28. The quantitative estimate of drug-likeness (QED) is 0.776. The lowest BCUT2D eigenvalue weighted by Gasteiger charge is -2.16. The average molecular weight is 353 g/mol. The van der Waals surface area contributed by atoms with Gasteiger partial charge in [0.2, 0.25) is 0 Å². The summed E-state index contributed by atoms with van der Waals surface area (Å²) in [6, 6.07) is 10.3. The molecular weight excluding hydrogens is 335 g/mol. The first-order valence-electron chi connectivity index (χ1n) is 7.21. The molecule has 4 nitrogen and oxygen atoms in total. The van der Waals surface area contributed by atoms with Gasteiger partial charge in [-0.15, -0.1) is 0 Å². The zero-order chi connectivity index (χ0) is 17.0. The van der Waals surface area contributed by atoms with Crippen LogP contribution < -0.4 is 15.8 Å². The number of benzene rings is 2. The van der Waals surface area contributed by atoms with E-state index in [1.165, 1.54) is 0 Å². The molecule has 1 atom stereocenters. The maximum absolute atomic E-state index is 12.2. The van der Waals surface area contributed by atoms with E-state index in [1.54, 1.807) is 31.2 Å². The summed E-state index contributed by atoms with van der Waals surface area (Å²) in [7, 11) is 0. The predicted molar refractivity (Wildman–Crippen MR) is 95.4 cm³/mol. The van der Waals surface area contributed by atoms with Gasteiger partial charge in [-0.25, -0.2) is 0 Å². The molecule has 2 aromatic rings. The highest BCUT2D eigenvalue weighted by atomic mass is 35.5. The number of rotatable bonds is 5. The Bertz CT molecular complexity index is 720. The number of nitrogens with two attached hydrogens (primary N) is 1. The van der Waals surface area contributed by atoms with Crippen molar-refractivity contribution < 1.29 is 9.53 Å². The number of aryl methyl sites for hydroxylation is 1. The Labute approximate surface area is 145 Å². The fourth-order valence-corrected chi connectivity index (χ4v) is 2.51. The van der Waals surface area contributed by atoms with Gasteiger partial charge in [-0.05, 0) is 49.2 Å². The molecule has 0 aliphatic rings. The summed E-state index contributed by atoms with van der Waals surface area (Å²) in [6.07, 6.45) is 0.120. The van der Waals surface area contributed by atoms with E-state index in [2.05, 4.69) is 5.32 Å². The third-order valence-electron chi connectivity index (χ3n) is 3.36. The second-order valence-electron chi connectivity index (χ2n) is 5.09. The molecule has 0 radical (unpaired) electrons. The number of ether oxygens (including phenoxy) is 1. The van der Waals surface area contributed by atoms with Gasteiger partial charge in [0.05, 0.1) is 5.02 Å². The van der Waals surface area contributed by atoms with E-state index in [0.717, 1.165) is 12.0 Å². The SMILES string of the molecule is CCc1ccc(NC(=O)C(C)Oc2ccc(Cl)cc2Cl)cc1N. The van der Waals surface area contributed by atoms with Crippen molar-refractivity contribution in [2.75, 3.05) is 11.1 Å². The topological polar surface area (TPSA) is 64.3 Å². The largest absolute Gasteiger partial charge is 0.479 e. The molecule has 0 saturated carbocycles. The third-order valence-corrected chi connectivity index (χ3v) is 3.89. The number of carbonyl (C=O) groups is 1. The summed E-state index contributed by atoms with van der Waals surface area (Å²) in [5.74, 6) is 0.110. The van der Waals surface area contributed by atoms with E-state index in [0.29, 0.717) is 27.2 Å². The first-order chi connectivity index (χ1) is 10.9. The molecule has 0 bridgehead atoms. The molecule has 6 heteroatoms. The Morgan fingerprint density at radius 3 is 2.61 bits per heavy atom. The molecule has 1 unspecified atom stereocenters. The fraction of sp³-hybridized carbons (Fsp3) is 0.235. The number of amides is 1. The summed E-state index contributed by atoms with van der Waals surface area (Å²) in [5, 5.41) is 3.63. The fourth-order valence-electron chi connectivity index (χ4n) is 2.05. The van der Waals surface area contributed by atoms with Crippen molar-refractivity contribution in [1.29, 1.82) is 0 Å². The molecule has 0 saturated heterocycles. The average Bonchev–Trinajstić information content (AvgIpc) is 2.50. The summed E-state index contributed by atoms with van der Waals surface area (Å²) in [4.78, 5) is 12.2. The van der Waals surface area contributed by atoms with Gasteiger partial charge in [0.25, 0.3) is 5.91 Å². The van der Waals surface area contributed by atoms with Crippen LogP contribution in [0.25, 0.3) is 0 Å². The molecule has 0 aromatic heterocycles. The minimum Gasteiger partial charge on any atom is -0.479 e. The Morgan fingerprint density at radius 2 is 2.00 bits per heavy atom. The van der Waals surface area contributed by atoms with Gasteiger partial charge >= 0.3 is 0 Å². The van der Waals surface area contributed by atoms with Crippen molar-refractivity contribution in [2.24, 2.45) is 0 Å². The number of halogens is 2. The molecule has 0 heterocycles. The minimum atomic E-state index is -0.722. The van der Waals surface area contributed by atoms with Crippen LogP contribution in [-0.4, -0.2) is 12.0 Å². The van der Waals surface area contributed by atoms with E-state index < -0.39 is 6.10 Å². The Kier molecular flexibility index (Phi) is 5.74. The normalized spacial score (nSPS) is 11.8. The Morgan fingerprint density at radius 1 is 1.26 bits per heavy atom. The molecule has 0 fully saturated rings. The summed E-state index contributed by atoms with van der Waals surface area (Å²) in [5.41, 5.74) is 8.25. The van der Waals surface area contributed by atoms with Gasteiger partial charge < -0.3 is 15.8 Å². The van der Waals surface area contributed by atoms with Crippen LogP contribution in [0.5, 0.6) is 5.75 Å². The molecule has 122 valence electrons. The van der Waals surface area contributed by atoms with Gasteiger partial charge in [0.15, 0.2) is 6.10 Å². The number of nitrogen functional groups attached to an aromatic ring is 1. The van der Waals surface area contributed by atoms with Crippen LogP contribution in [0.2, 0.25) is 10.0 Å². The monoisotopic (exact) mass is 352 g/mol. The molecule has 0 spiro atoms. The van der Waals surface area contributed by atoms with Gasteiger partial charge in [0, 0.05) is 16.4 Å². The second-order valence-corrected chi connectivity index (χ2v) is 5.93. The number of hydrogen-bond donors (Lipinski definition) is 2. The van der Waals surface area contributed by atoms with Crippen LogP contribution in [0, 0.1) is 0 Å². The standard InChI is InChI=1S/C17H18Cl2N2O2/c1-3-11-4-6-13(9-15(11)20)21-17(22)10(2)23-16-7-5-12(18)8-14(16)19/h4-10H,3,20H2,1-2H3,(H,21,22). The van der Waals surface area contributed by atoms with Crippen LogP contribution in [0.15, 0.2) is 36.4 Å². The Hall–Kier alpha value is -1.91. The van der Waals surface area contributed by atoms with Gasteiger partial charge in [-0.2, -0.15) is 0 Å². The molecular formula is C17H18Cl2N2O2. The highest BCUT2D eigenvalue weighted by Gasteiger charge is 2.16. The maximum atomic E-state index is 12.2. The number of hydrogen-bond acceptors (Lipinski definition) is 3. The van der Waals surface area contributed by atoms with Crippen molar-refractivity contribution in [3.8, 4) is 5.75 Å². The first-order valence-corrected chi connectivity index (χ1v) is 7.97. The zero-order valence-electron chi connectivity index (χ0n) is 12.9. The molecule has 2 aromatic carbocycles. The lowest BCUT2D eigenvalue weighted by Crippen LogP contribution is -2.30. The van der Waals surface area contributed by atoms with E-state index in [9.17, 15) is 4.79 Å². The Balaban J connectivity index is 2.03. The molecule has 0 aliphatic carbocycles. The third kappa shape index (κ3) is 4.53. The molecule has 3 N–H and O–H groups in total. The van der Waals surface area contributed by atoms with Crippen LogP contribution in [-0.2, 0) is 11.2 Å². The number of anilines is 2. The molecule has 1 amide bonds. The van der Waals surface area contributed by atoms with Crippen molar-refractivity contribution in [2.45, 2.75) is 26.4 Å². The van der Waals surface area contributed by atoms with E-state index >= 15 is 0 Å². The summed E-state index contributed by atoms with van der Waals surface area (Å²) in [6.45, 7) is 3.67. The first kappa shape index (κ1) is 17.4. The summed E-state index contributed by atoms with van der Waals surface area (Å²) < 4.78 is 5.58. The van der Waals surface area contributed by atoms with E-state index in [1.807, 2.05) is 19.1 Å². The highest BCUT2D eigenvalue weighted by molar-refractivity contribution is 6.35. The number of nitrogens with one attached hydrogen (secondary N) is 1. The second kappa shape index (κ2) is 7.57. The van der Waals surface area contributed by atoms with Gasteiger partial charge in [-0.3, -0.25) is 4.79 Å². The predicted octanol–water partition coefficient (Wildman–Crippen LogP) is 4.54.